The van der Waals surface area contributed by atoms with Gasteiger partial charge in [0, 0.05) is 18.0 Å². The summed E-state index contributed by atoms with van der Waals surface area (Å²) in [5, 5.41) is 9.38. The van der Waals surface area contributed by atoms with Gasteiger partial charge in [-0.25, -0.2) is 4.98 Å². The molecule has 6 heteroatoms. The van der Waals surface area contributed by atoms with Gasteiger partial charge in [0.25, 0.3) is 0 Å². The summed E-state index contributed by atoms with van der Waals surface area (Å²) in [6.45, 7) is 7.39. The van der Waals surface area contributed by atoms with Gasteiger partial charge in [0.15, 0.2) is 5.82 Å². The Morgan fingerprint density at radius 3 is 3.09 bits per heavy atom. The minimum absolute atomic E-state index is 0.0726. The highest BCUT2D eigenvalue weighted by atomic mass is 32.1. The molecule has 1 N–H and O–H groups in total. The fraction of sp³-hybridized carbons (Fsp3) is 0.625. The number of hydrogen-bond acceptors (Lipinski definition) is 5. The summed E-state index contributed by atoms with van der Waals surface area (Å²) < 4.78 is 6.26. The van der Waals surface area contributed by atoms with Gasteiger partial charge in [-0.05, 0) is 56.2 Å². The summed E-state index contributed by atoms with van der Waals surface area (Å²) >= 11 is 1.86. The number of aromatic amines is 1. The van der Waals surface area contributed by atoms with E-state index in [2.05, 4.69) is 38.5 Å². The monoisotopic (exact) mass is 318 g/mol. The molecule has 2 aliphatic heterocycles. The van der Waals surface area contributed by atoms with E-state index in [1.54, 1.807) is 0 Å². The Morgan fingerprint density at radius 2 is 2.36 bits per heavy atom. The Morgan fingerprint density at radius 1 is 1.45 bits per heavy atom. The van der Waals surface area contributed by atoms with Gasteiger partial charge in [0.05, 0.1) is 6.10 Å². The number of aryl methyl sites for hydroxylation is 2. The van der Waals surface area contributed by atoms with Gasteiger partial charge < -0.3 is 4.74 Å². The summed E-state index contributed by atoms with van der Waals surface area (Å²) in [4.78, 5) is 8.46. The molecule has 0 spiro atoms. The Kier molecular flexibility index (Phi) is 3.76. The van der Waals surface area contributed by atoms with Crippen LogP contribution >= 0.6 is 11.3 Å². The number of rotatable bonds is 3. The number of fused-ring (bicyclic) bond motifs is 1. The molecule has 5 nitrogen and oxygen atoms in total. The molecule has 2 aromatic rings. The van der Waals surface area contributed by atoms with E-state index < -0.39 is 0 Å². The van der Waals surface area contributed by atoms with Crippen molar-refractivity contribution in [2.24, 2.45) is 5.92 Å². The van der Waals surface area contributed by atoms with Crippen LogP contribution in [0.25, 0.3) is 0 Å². The highest BCUT2D eigenvalue weighted by Gasteiger charge is 2.41. The van der Waals surface area contributed by atoms with E-state index in [0.29, 0.717) is 12.0 Å². The quantitative estimate of drug-likeness (QED) is 0.945. The van der Waals surface area contributed by atoms with Gasteiger partial charge in [-0.1, -0.05) is 0 Å². The molecule has 4 rings (SSSR count). The maximum Gasteiger partial charge on any atom is 0.179 e. The molecule has 2 aliphatic rings. The van der Waals surface area contributed by atoms with Crippen molar-refractivity contribution in [1.82, 2.24) is 20.1 Å². The Balaban J connectivity index is 1.40. The summed E-state index contributed by atoms with van der Waals surface area (Å²) in [5.41, 5.74) is 1.41. The van der Waals surface area contributed by atoms with Crippen molar-refractivity contribution in [2.75, 3.05) is 13.1 Å². The molecule has 3 atom stereocenters. The average molecular weight is 318 g/mol. The zero-order chi connectivity index (χ0) is 15.1. The minimum Gasteiger partial charge on any atom is -0.365 e. The van der Waals surface area contributed by atoms with Gasteiger partial charge in [0.2, 0.25) is 0 Å². The molecule has 2 saturated heterocycles. The number of nitrogens with zero attached hydrogens (tertiary/aromatic N) is 3. The standard InChI is InChI=1S/C16H22N4OS/c1-10-4-6-22-15(10)9-20-5-3-12-7-13(21-14(12)8-20)16-17-11(2)18-19-16/h4,6,12-14H,3,5,7-9H2,1-2H3,(H,17,18,19)/t12-,13+,14+/m1/s1. The van der Waals surface area contributed by atoms with Gasteiger partial charge >= 0.3 is 0 Å². The first kappa shape index (κ1) is 14.4. The lowest BCUT2D eigenvalue weighted by atomic mass is 9.91. The predicted octanol–water partition coefficient (Wildman–Crippen LogP) is 2.84. The molecule has 4 heterocycles. The molecule has 0 unspecified atom stereocenters. The van der Waals surface area contributed by atoms with E-state index in [4.69, 9.17) is 4.74 Å². The van der Waals surface area contributed by atoms with Crippen molar-refractivity contribution in [1.29, 1.82) is 0 Å². The van der Waals surface area contributed by atoms with E-state index in [-0.39, 0.29) is 6.10 Å². The van der Waals surface area contributed by atoms with Crippen LogP contribution in [-0.2, 0) is 11.3 Å². The maximum absolute atomic E-state index is 6.26. The number of ether oxygens (including phenoxy) is 1. The van der Waals surface area contributed by atoms with Gasteiger partial charge in [-0.15, -0.1) is 11.3 Å². The van der Waals surface area contributed by atoms with Crippen LogP contribution in [0.5, 0.6) is 0 Å². The molecule has 118 valence electrons. The second-order valence-electron chi connectivity index (χ2n) is 6.49. The highest BCUT2D eigenvalue weighted by Crippen LogP contribution is 2.40. The third-order valence-corrected chi connectivity index (χ3v) is 5.88. The van der Waals surface area contributed by atoms with Crippen LogP contribution in [0.1, 0.15) is 41.0 Å². The molecule has 0 aromatic carbocycles. The van der Waals surface area contributed by atoms with Crippen molar-refractivity contribution in [3.8, 4) is 0 Å². The molecule has 22 heavy (non-hydrogen) atoms. The SMILES string of the molecule is Cc1nc([C@@H]2C[C@H]3CCN(Cc4sccc4C)C[C@@H]3O2)n[nH]1. The predicted molar refractivity (Wildman–Crippen MR) is 85.8 cm³/mol. The fourth-order valence-electron chi connectivity index (χ4n) is 3.58. The number of likely N-dealkylation sites (tertiary alicyclic amines) is 1. The normalized spacial score (nSPS) is 28.9. The van der Waals surface area contributed by atoms with Gasteiger partial charge in [-0.2, -0.15) is 5.10 Å². The van der Waals surface area contributed by atoms with Gasteiger partial charge in [-0.3, -0.25) is 10.00 Å². The molecule has 2 fully saturated rings. The number of H-pyrrole nitrogens is 1. The summed E-state index contributed by atoms with van der Waals surface area (Å²) in [5.74, 6) is 2.35. The summed E-state index contributed by atoms with van der Waals surface area (Å²) in [7, 11) is 0. The van der Waals surface area contributed by atoms with Crippen molar-refractivity contribution in [2.45, 2.75) is 45.4 Å². The summed E-state index contributed by atoms with van der Waals surface area (Å²) in [6, 6.07) is 2.21. The fourth-order valence-corrected chi connectivity index (χ4v) is 4.52. The third-order valence-electron chi connectivity index (χ3n) is 4.87. The largest absolute Gasteiger partial charge is 0.365 e. The first-order valence-electron chi connectivity index (χ1n) is 7.98. The van der Waals surface area contributed by atoms with Crippen LogP contribution in [0.2, 0.25) is 0 Å². The smallest absolute Gasteiger partial charge is 0.179 e. The second-order valence-corrected chi connectivity index (χ2v) is 7.49. The Hall–Kier alpha value is -1.24. The number of thiophene rings is 1. The first-order valence-corrected chi connectivity index (χ1v) is 8.86. The van der Waals surface area contributed by atoms with Crippen molar-refractivity contribution < 1.29 is 4.74 Å². The summed E-state index contributed by atoms with van der Waals surface area (Å²) in [6.07, 6.45) is 2.68. The molecule has 0 aliphatic carbocycles. The molecule has 0 saturated carbocycles. The number of piperidine rings is 1. The minimum atomic E-state index is 0.0726. The lowest BCUT2D eigenvalue weighted by Crippen LogP contribution is -2.41. The molecular weight excluding hydrogens is 296 g/mol. The van der Waals surface area contributed by atoms with E-state index in [9.17, 15) is 0 Å². The molecule has 0 amide bonds. The van der Waals surface area contributed by atoms with Crippen LogP contribution in [0.4, 0.5) is 0 Å². The van der Waals surface area contributed by atoms with Crippen molar-refractivity contribution >= 4 is 11.3 Å². The Bertz CT molecular complexity index is 652. The molecule has 0 radical (unpaired) electrons. The van der Waals surface area contributed by atoms with E-state index in [1.807, 2.05) is 18.3 Å². The third kappa shape index (κ3) is 2.71. The maximum atomic E-state index is 6.26. The van der Waals surface area contributed by atoms with E-state index in [1.165, 1.54) is 23.4 Å². The molecule has 0 bridgehead atoms. The first-order chi connectivity index (χ1) is 10.7. The van der Waals surface area contributed by atoms with Crippen LogP contribution in [0.3, 0.4) is 0 Å². The van der Waals surface area contributed by atoms with Crippen LogP contribution < -0.4 is 0 Å². The van der Waals surface area contributed by atoms with E-state index in [0.717, 1.165) is 31.2 Å². The molecular formula is C16H22N4OS. The number of nitrogens with one attached hydrogen (secondary N) is 1. The zero-order valence-electron chi connectivity index (χ0n) is 13.1. The zero-order valence-corrected chi connectivity index (χ0v) is 13.9. The van der Waals surface area contributed by atoms with Gasteiger partial charge in [0.1, 0.15) is 11.9 Å². The van der Waals surface area contributed by atoms with Crippen molar-refractivity contribution in [3.05, 3.63) is 33.5 Å². The second kappa shape index (κ2) is 5.76. The lowest BCUT2D eigenvalue weighted by molar-refractivity contribution is -0.0117. The van der Waals surface area contributed by atoms with Crippen molar-refractivity contribution in [3.63, 3.8) is 0 Å². The topological polar surface area (TPSA) is 54.0 Å². The lowest BCUT2D eigenvalue weighted by Gasteiger charge is -2.33. The Labute approximate surface area is 134 Å². The number of hydrogen-bond donors (Lipinski definition) is 1. The average Bonchev–Trinajstić information content (AvgIpc) is 3.19. The van der Waals surface area contributed by atoms with Crippen LogP contribution in [0.15, 0.2) is 11.4 Å². The van der Waals surface area contributed by atoms with Crippen LogP contribution in [-0.4, -0.2) is 39.3 Å². The molecule has 2 aromatic heterocycles. The van der Waals surface area contributed by atoms with Crippen LogP contribution in [0, 0.1) is 19.8 Å². The van der Waals surface area contributed by atoms with E-state index >= 15 is 0 Å². The highest BCUT2D eigenvalue weighted by molar-refractivity contribution is 7.10. The number of aromatic nitrogens is 3.